The number of amides is 2. The van der Waals surface area contributed by atoms with Crippen molar-refractivity contribution in [3.8, 4) is 5.75 Å². The minimum Gasteiger partial charge on any atom is -0.492 e. The molecule has 2 aromatic rings. The minimum atomic E-state index is -0.372. The van der Waals surface area contributed by atoms with E-state index in [9.17, 15) is 9.59 Å². The Hall–Kier alpha value is -2.22. The van der Waals surface area contributed by atoms with Crippen molar-refractivity contribution in [2.24, 2.45) is 0 Å². The summed E-state index contributed by atoms with van der Waals surface area (Å²) < 4.78 is 5.73. The summed E-state index contributed by atoms with van der Waals surface area (Å²) in [6.07, 6.45) is 3.21. The number of nitrogens with one attached hydrogen (secondary N) is 1. The molecular formula is C18H15Cl2N3O3S. The average molecular weight is 424 g/mol. The van der Waals surface area contributed by atoms with E-state index < -0.39 is 0 Å². The maximum absolute atomic E-state index is 11.5. The van der Waals surface area contributed by atoms with Gasteiger partial charge in [-0.1, -0.05) is 35.3 Å². The Morgan fingerprint density at radius 3 is 2.63 bits per heavy atom. The molecule has 1 aliphatic heterocycles. The number of halogens is 2. The molecule has 27 heavy (non-hydrogen) atoms. The van der Waals surface area contributed by atoms with Gasteiger partial charge in [-0.2, -0.15) is 0 Å². The number of thioether (sulfide) groups is 1. The number of nitrogens with zero attached hydrogens (tertiary/aromatic N) is 2. The molecule has 1 aliphatic rings. The first-order chi connectivity index (χ1) is 12.9. The second-order valence-corrected chi connectivity index (χ2v) is 7.51. The van der Waals surface area contributed by atoms with Crippen LogP contribution in [0.5, 0.6) is 5.75 Å². The van der Waals surface area contributed by atoms with Gasteiger partial charge in [0.15, 0.2) is 0 Å². The molecule has 1 aromatic carbocycles. The van der Waals surface area contributed by atoms with Crippen molar-refractivity contribution in [3.05, 3.63) is 57.0 Å². The number of likely N-dealkylation sites (N-methyl/N-ethyl adjacent to an activating group) is 1. The van der Waals surface area contributed by atoms with Crippen LogP contribution in [0.4, 0.5) is 10.6 Å². The number of carbonyl (C=O) groups is 2. The topological polar surface area (TPSA) is 71.5 Å². The summed E-state index contributed by atoms with van der Waals surface area (Å²) in [6.45, 7) is 1.02. The van der Waals surface area contributed by atoms with Crippen LogP contribution >= 0.6 is 35.0 Å². The lowest BCUT2D eigenvalue weighted by molar-refractivity contribution is -0.115. The van der Waals surface area contributed by atoms with Gasteiger partial charge < -0.3 is 9.64 Å². The third-order valence-corrected chi connectivity index (χ3v) is 4.96. The van der Waals surface area contributed by atoms with Crippen LogP contribution in [0, 0.1) is 0 Å². The van der Waals surface area contributed by atoms with E-state index in [-0.39, 0.29) is 11.1 Å². The molecule has 2 amide bonds. The van der Waals surface area contributed by atoms with Gasteiger partial charge in [0.2, 0.25) is 0 Å². The molecule has 6 nitrogen and oxygen atoms in total. The van der Waals surface area contributed by atoms with E-state index >= 15 is 0 Å². The van der Waals surface area contributed by atoms with Crippen molar-refractivity contribution < 1.29 is 14.3 Å². The number of ether oxygens (including phenoxy) is 1. The van der Waals surface area contributed by atoms with Crippen molar-refractivity contribution >= 4 is 58.0 Å². The molecule has 9 heteroatoms. The average Bonchev–Trinajstić information content (AvgIpc) is 2.93. The molecule has 0 atom stereocenters. The molecule has 0 aliphatic carbocycles. The Morgan fingerprint density at radius 2 is 2.00 bits per heavy atom. The third kappa shape index (κ3) is 5.15. The SMILES string of the molecule is CN(CCOc1ccc(/C=C2\SC(=O)NC2=O)cc1)c1ncc(Cl)cc1Cl. The fourth-order valence-electron chi connectivity index (χ4n) is 2.33. The van der Waals surface area contributed by atoms with Crippen LogP contribution in [0.1, 0.15) is 5.56 Å². The van der Waals surface area contributed by atoms with Gasteiger partial charge in [0, 0.05) is 13.2 Å². The summed E-state index contributed by atoms with van der Waals surface area (Å²) in [5, 5.41) is 2.84. The highest BCUT2D eigenvalue weighted by molar-refractivity contribution is 8.18. The summed E-state index contributed by atoms with van der Waals surface area (Å²) >= 11 is 12.9. The number of hydrogen-bond acceptors (Lipinski definition) is 6. The third-order valence-electron chi connectivity index (χ3n) is 3.67. The first kappa shape index (κ1) is 19.5. The van der Waals surface area contributed by atoms with Crippen LogP contribution in [0.15, 0.2) is 41.4 Å². The van der Waals surface area contributed by atoms with Crippen LogP contribution < -0.4 is 15.0 Å². The van der Waals surface area contributed by atoms with Gasteiger partial charge in [0.1, 0.15) is 18.2 Å². The van der Waals surface area contributed by atoms with Crippen LogP contribution in [-0.4, -0.2) is 36.3 Å². The molecule has 140 valence electrons. The van der Waals surface area contributed by atoms with E-state index in [4.69, 9.17) is 27.9 Å². The maximum atomic E-state index is 11.5. The lowest BCUT2D eigenvalue weighted by atomic mass is 10.2. The molecule has 1 aromatic heterocycles. The molecule has 0 radical (unpaired) electrons. The number of anilines is 1. The first-order valence-corrected chi connectivity index (χ1v) is 9.49. The Balaban J connectivity index is 1.54. The Morgan fingerprint density at radius 1 is 1.26 bits per heavy atom. The van der Waals surface area contributed by atoms with Gasteiger partial charge in [-0.05, 0) is 41.6 Å². The number of pyridine rings is 1. The highest BCUT2D eigenvalue weighted by Crippen LogP contribution is 2.27. The van der Waals surface area contributed by atoms with E-state index in [2.05, 4.69) is 10.3 Å². The normalized spacial score (nSPS) is 15.1. The lowest BCUT2D eigenvalue weighted by Gasteiger charge is -2.19. The molecule has 2 heterocycles. The van der Waals surface area contributed by atoms with Gasteiger partial charge in [-0.15, -0.1) is 0 Å². The Bertz CT molecular complexity index is 903. The number of benzene rings is 1. The van der Waals surface area contributed by atoms with E-state index in [1.807, 2.05) is 24.1 Å². The lowest BCUT2D eigenvalue weighted by Crippen LogP contribution is -2.24. The van der Waals surface area contributed by atoms with Gasteiger partial charge in [-0.3, -0.25) is 14.9 Å². The highest BCUT2D eigenvalue weighted by atomic mass is 35.5. The number of rotatable bonds is 6. The molecule has 1 saturated heterocycles. The number of carbonyl (C=O) groups excluding carboxylic acids is 2. The van der Waals surface area contributed by atoms with Gasteiger partial charge >= 0.3 is 0 Å². The summed E-state index contributed by atoms with van der Waals surface area (Å²) in [5.41, 5.74) is 0.809. The van der Waals surface area contributed by atoms with Crippen LogP contribution in [0.25, 0.3) is 6.08 Å². The van der Waals surface area contributed by atoms with Crippen molar-refractivity contribution in [3.63, 3.8) is 0 Å². The van der Waals surface area contributed by atoms with Crippen LogP contribution in [0.3, 0.4) is 0 Å². The fourth-order valence-corrected chi connectivity index (χ4v) is 3.53. The van der Waals surface area contributed by atoms with E-state index in [0.717, 1.165) is 17.3 Å². The molecule has 1 fully saturated rings. The molecule has 1 N–H and O–H groups in total. The second-order valence-electron chi connectivity index (χ2n) is 5.65. The summed E-state index contributed by atoms with van der Waals surface area (Å²) in [7, 11) is 1.87. The zero-order chi connectivity index (χ0) is 19.4. The first-order valence-electron chi connectivity index (χ1n) is 7.92. The highest BCUT2D eigenvalue weighted by Gasteiger charge is 2.24. The Labute approximate surface area is 170 Å². The van der Waals surface area contributed by atoms with Crippen LogP contribution in [-0.2, 0) is 4.79 Å². The second kappa shape index (κ2) is 8.65. The van der Waals surface area contributed by atoms with Gasteiger partial charge in [0.05, 0.1) is 21.5 Å². The fraction of sp³-hybridized carbons (Fsp3) is 0.167. The predicted octanol–water partition coefficient (Wildman–Crippen LogP) is 4.23. The molecule has 0 spiro atoms. The van der Waals surface area contributed by atoms with Gasteiger partial charge in [0.25, 0.3) is 11.1 Å². The summed E-state index contributed by atoms with van der Waals surface area (Å²) in [5.74, 6) is 0.955. The van der Waals surface area contributed by atoms with Gasteiger partial charge in [-0.25, -0.2) is 4.98 Å². The van der Waals surface area contributed by atoms with E-state index in [1.54, 1.807) is 30.5 Å². The zero-order valence-corrected chi connectivity index (χ0v) is 16.6. The zero-order valence-electron chi connectivity index (χ0n) is 14.2. The van der Waals surface area contributed by atoms with Crippen LogP contribution in [0.2, 0.25) is 10.0 Å². The molecular weight excluding hydrogens is 409 g/mol. The molecule has 3 rings (SSSR count). The molecule has 0 unspecified atom stereocenters. The largest absolute Gasteiger partial charge is 0.492 e. The van der Waals surface area contributed by atoms with E-state index in [1.165, 1.54) is 0 Å². The summed E-state index contributed by atoms with van der Waals surface area (Å²) in [6, 6.07) is 8.89. The van der Waals surface area contributed by atoms with Crippen molar-refractivity contribution in [2.45, 2.75) is 0 Å². The Kier molecular flexibility index (Phi) is 6.26. The number of imide groups is 1. The number of hydrogen-bond donors (Lipinski definition) is 1. The van der Waals surface area contributed by atoms with Crippen molar-refractivity contribution in [1.29, 1.82) is 0 Å². The smallest absolute Gasteiger partial charge is 0.290 e. The maximum Gasteiger partial charge on any atom is 0.290 e. The molecule has 0 bridgehead atoms. The quantitative estimate of drug-likeness (QED) is 0.700. The summed E-state index contributed by atoms with van der Waals surface area (Å²) in [4.78, 5) is 29.2. The van der Waals surface area contributed by atoms with Crippen molar-refractivity contribution in [2.75, 3.05) is 25.1 Å². The van der Waals surface area contributed by atoms with Crippen molar-refractivity contribution in [1.82, 2.24) is 10.3 Å². The number of aromatic nitrogens is 1. The monoisotopic (exact) mass is 423 g/mol. The minimum absolute atomic E-state index is 0.356. The molecule has 0 saturated carbocycles. The van der Waals surface area contributed by atoms with E-state index in [0.29, 0.717) is 39.7 Å². The predicted molar refractivity (Wildman–Crippen MR) is 109 cm³/mol. The standard InChI is InChI=1S/C18H15Cl2N3O3S/c1-23(16-14(20)9-12(19)10-21-16)6-7-26-13-4-2-11(3-5-13)8-15-17(24)22-18(25)27-15/h2-5,8-10H,6-7H2,1H3,(H,22,24,25)/b15-8-.